The molecule has 0 saturated heterocycles. The Balaban J connectivity index is 2.10. The standard InChI is InChI=1S/C20H20/c1-2-16-14-9-15-19(16)20(17-10-5-3-6-11-17)18-12-7-4-8-13-18/h3-14,20H,2,15H2,1H3. The lowest BCUT2D eigenvalue weighted by atomic mass is 9.82. The van der Waals surface area contributed by atoms with Crippen molar-refractivity contribution in [3.63, 3.8) is 0 Å². The van der Waals surface area contributed by atoms with Gasteiger partial charge in [-0.3, -0.25) is 0 Å². The Hall–Kier alpha value is -2.08. The highest BCUT2D eigenvalue weighted by molar-refractivity contribution is 5.48. The van der Waals surface area contributed by atoms with Crippen molar-refractivity contribution in [3.05, 3.63) is 95.1 Å². The van der Waals surface area contributed by atoms with Gasteiger partial charge in [0.05, 0.1) is 0 Å². The quantitative estimate of drug-likeness (QED) is 0.682. The number of hydrogen-bond acceptors (Lipinski definition) is 0. The number of allylic oxidation sites excluding steroid dienone is 4. The Morgan fingerprint density at radius 1 is 0.850 bits per heavy atom. The number of hydrogen-bond donors (Lipinski definition) is 0. The van der Waals surface area contributed by atoms with Crippen molar-refractivity contribution >= 4 is 0 Å². The van der Waals surface area contributed by atoms with E-state index in [4.69, 9.17) is 0 Å². The minimum absolute atomic E-state index is 0.391. The smallest absolute Gasteiger partial charge is 0.0307 e. The van der Waals surface area contributed by atoms with Gasteiger partial charge < -0.3 is 0 Å². The van der Waals surface area contributed by atoms with Crippen LogP contribution < -0.4 is 0 Å². The molecule has 3 rings (SSSR count). The van der Waals surface area contributed by atoms with Gasteiger partial charge in [-0.2, -0.15) is 0 Å². The van der Waals surface area contributed by atoms with Crippen LogP contribution in [0.4, 0.5) is 0 Å². The zero-order chi connectivity index (χ0) is 13.8. The summed E-state index contributed by atoms with van der Waals surface area (Å²) in [7, 11) is 0. The summed E-state index contributed by atoms with van der Waals surface area (Å²) in [4.78, 5) is 0. The molecule has 1 aliphatic rings. The topological polar surface area (TPSA) is 0 Å². The van der Waals surface area contributed by atoms with Crippen molar-refractivity contribution in [2.45, 2.75) is 25.7 Å². The molecule has 100 valence electrons. The van der Waals surface area contributed by atoms with Crippen LogP contribution in [0.5, 0.6) is 0 Å². The second kappa shape index (κ2) is 5.92. The molecular formula is C20H20. The summed E-state index contributed by atoms with van der Waals surface area (Å²) in [5.41, 5.74) is 5.85. The molecule has 0 aliphatic heterocycles. The number of rotatable bonds is 4. The normalized spacial score (nSPS) is 14.3. The summed E-state index contributed by atoms with van der Waals surface area (Å²) in [6.45, 7) is 2.25. The van der Waals surface area contributed by atoms with Crippen molar-refractivity contribution < 1.29 is 0 Å². The molecule has 0 heteroatoms. The fourth-order valence-electron chi connectivity index (χ4n) is 3.10. The molecule has 0 heterocycles. The fraction of sp³-hybridized carbons (Fsp3) is 0.200. The predicted octanol–water partition coefficient (Wildman–Crippen LogP) is 5.49. The molecule has 20 heavy (non-hydrogen) atoms. The first-order valence-corrected chi connectivity index (χ1v) is 7.38. The van der Waals surface area contributed by atoms with Crippen molar-refractivity contribution in [1.82, 2.24) is 0 Å². The van der Waals surface area contributed by atoms with Crippen molar-refractivity contribution in [3.8, 4) is 0 Å². The second-order valence-electron chi connectivity index (χ2n) is 5.26. The van der Waals surface area contributed by atoms with Crippen molar-refractivity contribution in [1.29, 1.82) is 0 Å². The maximum atomic E-state index is 2.30. The monoisotopic (exact) mass is 260 g/mol. The van der Waals surface area contributed by atoms with E-state index in [1.807, 2.05) is 0 Å². The van der Waals surface area contributed by atoms with Gasteiger partial charge in [-0.25, -0.2) is 0 Å². The minimum atomic E-state index is 0.391. The summed E-state index contributed by atoms with van der Waals surface area (Å²) < 4.78 is 0. The van der Waals surface area contributed by atoms with E-state index in [1.165, 1.54) is 16.7 Å². The molecule has 0 fully saturated rings. The third-order valence-corrected chi connectivity index (χ3v) is 4.06. The van der Waals surface area contributed by atoms with Gasteiger partial charge in [-0.05, 0) is 29.5 Å². The minimum Gasteiger partial charge on any atom is -0.0801 e. The lowest BCUT2D eigenvalue weighted by molar-refractivity contribution is 0.894. The Kier molecular flexibility index (Phi) is 3.83. The molecule has 0 bridgehead atoms. The first-order valence-electron chi connectivity index (χ1n) is 7.38. The van der Waals surface area contributed by atoms with Gasteiger partial charge in [0.15, 0.2) is 0 Å². The average Bonchev–Trinajstić information content (AvgIpc) is 2.98. The van der Waals surface area contributed by atoms with Gasteiger partial charge in [0.1, 0.15) is 0 Å². The first kappa shape index (κ1) is 12.9. The lowest BCUT2D eigenvalue weighted by Gasteiger charge is -2.21. The van der Waals surface area contributed by atoms with Crippen LogP contribution in [0.1, 0.15) is 36.8 Å². The predicted molar refractivity (Wildman–Crippen MR) is 85.8 cm³/mol. The van der Waals surface area contributed by atoms with E-state index < -0.39 is 0 Å². The molecule has 2 aromatic rings. The maximum absolute atomic E-state index is 2.30. The molecule has 0 unspecified atom stereocenters. The van der Waals surface area contributed by atoms with Crippen molar-refractivity contribution in [2.24, 2.45) is 0 Å². The summed E-state index contributed by atoms with van der Waals surface area (Å²) in [6.07, 6.45) is 6.79. The molecule has 0 aromatic heterocycles. The molecule has 0 amide bonds. The van der Waals surface area contributed by atoms with Gasteiger partial charge in [0, 0.05) is 5.92 Å². The molecule has 0 saturated carbocycles. The van der Waals surface area contributed by atoms with E-state index in [0.717, 1.165) is 12.8 Å². The highest BCUT2D eigenvalue weighted by Gasteiger charge is 2.22. The molecule has 2 aromatic carbocycles. The Bertz CT molecular complexity index is 578. The second-order valence-corrected chi connectivity index (χ2v) is 5.26. The van der Waals surface area contributed by atoms with Crippen LogP contribution in [0.15, 0.2) is 84.0 Å². The molecular weight excluding hydrogens is 240 g/mol. The molecule has 0 spiro atoms. The molecule has 1 aliphatic carbocycles. The van der Waals surface area contributed by atoms with Crippen LogP contribution in [0.25, 0.3) is 0 Å². The summed E-state index contributed by atoms with van der Waals surface area (Å²) in [5, 5.41) is 0. The Morgan fingerprint density at radius 2 is 1.40 bits per heavy atom. The van der Waals surface area contributed by atoms with Gasteiger partial charge in [0.25, 0.3) is 0 Å². The van der Waals surface area contributed by atoms with Crippen LogP contribution in [0.3, 0.4) is 0 Å². The largest absolute Gasteiger partial charge is 0.0801 e. The van der Waals surface area contributed by atoms with Crippen molar-refractivity contribution in [2.75, 3.05) is 0 Å². The number of benzene rings is 2. The summed E-state index contributed by atoms with van der Waals surface area (Å²) >= 11 is 0. The van der Waals surface area contributed by atoms with E-state index in [-0.39, 0.29) is 0 Å². The Morgan fingerprint density at radius 3 is 1.90 bits per heavy atom. The zero-order valence-electron chi connectivity index (χ0n) is 11.9. The zero-order valence-corrected chi connectivity index (χ0v) is 11.9. The van der Waals surface area contributed by atoms with Crippen LogP contribution in [-0.4, -0.2) is 0 Å². The Labute approximate surface area is 121 Å². The van der Waals surface area contributed by atoms with Crippen LogP contribution in [0.2, 0.25) is 0 Å². The third kappa shape index (κ3) is 2.46. The lowest BCUT2D eigenvalue weighted by Crippen LogP contribution is -2.05. The summed E-state index contributed by atoms with van der Waals surface area (Å²) in [5.74, 6) is 0.391. The van der Waals surface area contributed by atoms with E-state index in [1.54, 1.807) is 5.57 Å². The van der Waals surface area contributed by atoms with Gasteiger partial charge >= 0.3 is 0 Å². The average molecular weight is 260 g/mol. The van der Waals surface area contributed by atoms with E-state index in [9.17, 15) is 0 Å². The van der Waals surface area contributed by atoms with E-state index in [0.29, 0.717) is 5.92 Å². The van der Waals surface area contributed by atoms with Crippen LogP contribution >= 0.6 is 0 Å². The third-order valence-electron chi connectivity index (χ3n) is 4.06. The first-order chi connectivity index (χ1) is 9.90. The summed E-state index contributed by atoms with van der Waals surface area (Å²) in [6, 6.07) is 21.7. The maximum Gasteiger partial charge on any atom is 0.0307 e. The van der Waals surface area contributed by atoms with E-state index in [2.05, 4.69) is 79.7 Å². The molecule has 0 nitrogen and oxygen atoms in total. The van der Waals surface area contributed by atoms with Gasteiger partial charge in [-0.1, -0.05) is 85.3 Å². The van der Waals surface area contributed by atoms with Crippen LogP contribution in [0, 0.1) is 0 Å². The van der Waals surface area contributed by atoms with E-state index >= 15 is 0 Å². The fourth-order valence-corrected chi connectivity index (χ4v) is 3.10. The SMILES string of the molecule is CCC1=C(C(c2ccccc2)c2ccccc2)CC=C1. The van der Waals surface area contributed by atoms with Crippen LogP contribution in [-0.2, 0) is 0 Å². The molecule has 0 atom stereocenters. The molecule has 0 radical (unpaired) electrons. The highest BCUT2D eigenvalue weighted by atomic mass is 14.3. The van der Waals surface area contributed by atoms with Gasteiger partial charge in [0.2, 0.25) is 0 Å². The molecule has 0 N–H and O–H groups in total. The van der Waals surface area contributed by atoms with Gasteiger partial charge in [-0.15, -0.1) is 0 Å². The highest BCUT2D eigenvalue weighted by Crippen LogP contribution is 2.39.